The lowest BCUT2D eigenvalue weighted by Gasteiger charge is -2.20. The van der Waals surface area contributed by atoms with Gasteiger partial charge in [-0.25, -0.2) is 17.6 Å². The fourth-order valence-electron chi connectivity index (χ4n) is 2.86. The molecule has 0 heterocycles. The van der Waals surface area contributed by atoms with Crippen LogP contribution in [0.3, 0.4) is 0 Å². The number of rotatable bonds is 9. The molecule has 0 aliphatic carbocycles. The highest BCUT2D eigenvalue weighted by molar-refractivity contribution is 7.89. The molecule has 0 aliphatic heterocycles. The number of nitro benzene ring substituents is 1. The molecule has 172 valence electrons. The summed E-state index contributed by atoms with van der Waals surface area (Å²) in [6.07, 6.45) is -0.228. The third-order valence-electron chi connectivity index (χ3n) is 4.51. The van der Waals surface area contributed by atoms with Gasteiger partial charge in [0, 0.05) is 12.5 Å². The Balaban J connectivity index is 2.19. The molecule has 0 saturated carbocycles. The van der Waals surface area contributed by atoms with E-state index in [0.717, 1.165) is 19.2 Å². The zero-order valence-corrected chi connectivity index (χ0v) is 18.3. The van der Waals surface area contributed by atoms with Crippen molar-refractivity contribution in [3.8, 4) is 0 Å². The lowest BCUT2D eigenvalue weighted by Crippen LogP contribution is -2.51. The number of carbonyl (C=O) groups is 2. The van der Waals surface area contributed by atoms with Gasteiger partial charge >= 0.3 is 5.97 Å². The molecule has 2 N–H and O–H groups in total. The molecule has 0 radical (unpaired) electrons. The van der Waals surface area contributed by atoms with Gasteiger partial charge in [0.05, 0.1) is 18.1 Å². The summed E-state index contributed by atoms with van der Waals surface area (Å²) in [6.45, 7) is 2.89. The van der Waals surface area contributed by atoms with Gasteiger partial charge in [0.2, 0.25) is 15.9 Å². The van der Waals surface area contributed by atoms with E-state index in [0.29, 0.717) is 5.56 Å². The second kappa shape index (κ2) is 10.3. The number of benzene rings is 2. The fourth-order valence-corrected chi connectivity index (χ4v) is 4.23. The van der Waals surface area contributed by atoms with Crippen LogP contribution < -0.4 is 10.0 Å². The maximum Gasteiger partial charge on any atom is 0.328 e. The van der Waals surface area contributed by atoms with Crippen molar-refractivity contribution in [2.45, 2.75) is 37.2 Å². The van der Waals surface area contributed by atoms with Crippen molar-refractivity contribution < 1.29 is 32.1 Å². The number of amides is 1. The quantitative estimate of drug-likeness (QED) is 0.324. The molecule has 2 rings (SSSR count). The predicted octanol–water partition coefficient (Wildman–Crippen LogP) is 1.61. The Morgan fingerprint density at radius 3 is 2.47 bits per heavy atom. The van der Waals surface area contributed by atoms with Gasteiger partial charge in [0.15, 0.2) is 4.90 Å². The number of sulfonamides is 1. The smallest absolute Gasteiger partial charge is 0.328 e. The number of ether oxygens (including phenoxy) is 1. The monoisotopic (exact) mass is 467 g/mol. The zero-order chi connectivity index (χ0) is 24.1. The van der Waals surface area contributed by atoms with Gasteiger partial charge in [-0.3, -0.25) is 14.9 Å². The van der Waals surface area contributed by atoms with Crippen molar-refractivity contribution in [2.24, 2.45) is 0 Å². The van der Waals surface area contributed by atoms with E-state index in [1.807, 2.05) is 4.72 Å². The van der Waals surface area contributed by atoms with Crippen LogP contribution in [0.2, 0.25) is 0 Å². The third kappa shape index (κ3) is 6.08. The van der Waals surface area contributed by atoms with Crippen molar-refractivity contribution in [3.05, 3.63) is 69.5 Å². The number of methoxy groups -OCH3 is 1. The van der Waals surface area contributed by atoms with Crippen LogP contribution in [0, 0.1) is 22.9 Å². The Kier molecular flexibility index (Phi) is 8.00. The largest absolute Gasteiger partial charge is 0.467 e. The van der Waals surface area contributed by atoms with Gasteiger partial charge < -0.3 is 10.1 Å². The van der Waals surface area contributed by atoms with Crippen molar-refractivity contribution in [1.29, 1.82) is 0 Å². The summed E-state index contributed by atoms with van der Waals surface area (Å²) in [6, 6.07) is 6.33. The fraction of sp³-hybridized carbons (Fsp3) is 0.300. The highest BCUT2D eigenvalue weighted by Crippen LogP contribution is 2.23. The Hall–Kier alpha value is -3.38. The van der Waals surface area contributed by atoms with Crippen LogP contribution in [0.5, 0.6) is 0 Å². The Labute approximate surface area is 184 Å². The number of para-hydroxylation sites is 1. The molecule has 0 aromatic heterocycles. The van der Waals surface area contributed by atoms with E-state index < -0.39 is 55.3 Å². The molecule has 0 unspecified atom stereocenters. The van der Waals surface area contributed by atoms with Gasteiger partial charge in [0.1, 0.15) is 11.9 Å². The molecule has 0 aliphatic rings. The van der Waals surface area contributed by atoms with Gasteiger partial charge in [0.25, 0.3) is 5.69 Å². The van der Waals surface area contributed by atoms with E-state index in [-0.39, 0.29) is 12.0 Å². The van der Waals surface area contributed by atoms with E-state index in [2.05, 4.69) is 10.1 Å². The number of esters is 1. The minimum Gasteiger partial charge on any atom is -0.467 e. The number of hydrogen-bond donors (Lipinski definition) is 2. The first-order chi connectivity index (χ1) is 15.0. The molecule has 0 saturated heterocycles. The van der Waals surface area contributed by atoms with Crippen molar-refractivity contribution in [1.82, 2.24) is 10.0 Å². The van der Waals surface area contributed by atoms with Crippen LogP contribution in [-0.2, 0) is 30.8 Å². The molecule has 2 aromatic rings. The summed E-state index contributed by atoms with van der Waals surface area (Å²) < 4.78 is 46.0. The van der Waals surface area contributed by atoms with Crippen LogP contribution in [0.4, 0.5) is 10.1 Å². The topological polar surface area (TPSA) is 145 Å². The Bertz CT molecular complexity index is 1140. The molecule has 32 heavy (non-hydrogen) atoms. The summed E-state index contributed by atoms with van der Waals surface area (Å²) in [4.78, 5) is 34.3. The number of aryl methyl sites for hydroxylation is 1. The van der Waals surface area contributed by atoms with E-state index in [9.17, 15) is 32.5 Å². The highest BCUT2D eigenvalue weighted by Gasteiger charge is 2.31. The Morgan fingerprint density at radius 1 is 1.22 bits per heavy atom. The first-order valence-electron chi connectivity index (χ1n) is 9.35. The van der Waals surface area contributed by atoms with Crippen LogP contribution in [-0.4, -0.2) is 44.4 Å². The molecule has 0 bridgehead atoms. The predicted molar refractivity (Wildman–Crippen MR) is 112 cm³/mol. The number of hydrogen-bond acceptors (Lipinski definition) is 7. The molecule has 10 nitrogen and oxygen atoms in total. The summed E-state index contributed by atoms with van der Waals surface area (Å²) in [5, 5.41) is 13.4. The van der Waals surface area contributed by atoms with Crippen molar-refractivity contribution >= 4 is 27.6 Å². The second-order valence-corrected chi connectivity index (χ2v) is 8.63. The molecule has 12 heteroatoms. The van der Waals surface area contributed by atoms with Gasteiger partial charge in [-0.15, -0.1) is 0 Å². The molecular formula is C20H22FN3O7S. The molecule has 0 spiro atoms. The summed E-state index contributed by atoms with van der Waals surface area (Å²) in [5.41, 5.74) is 0.164. The molecular weight excluding hydrogens is 445 g/mol. The molecule has 2 atom stereocenters. The van der Waals surface area contributed by atoms with Crippen molar-refractivity contribution in [2.75, 3.05) is 7.11 Å². The number of carbonyl (C=O) groups excluding carboxylic acids is 2. The van der Waals surface area contributed by atoms with Crippen molar-refractivity contribution in [3.63, 3.8) is 0 Å². The third-order valence-corrected chi connectivity index (χ3v) is 6.10. The van der Waals surface area contributed by atoms with Gasteiger partial charge in [-0.05, 0) is 37.1 Å². The molecule has 1 amide bonds. The van der Waals surface area contributed by atoms with Crippen LogP contribution in [0.25, 0.3) is 0 Å². The van der Waals surface area contributed by atoms with E-state index in [4.69, 9.17) is 0 Å². The standard InChI is InChI=1S/C20H22FN3O7S/c1-12-8-9-14(15(21)10-12)11-16(20(26)31-3)22-19(25)13(2)23-32(29,30)18-7-5-4-6-17(18)24(27)28/h4-10,13,16,23H,11H2,1-3H3,(H,22,25)/t13-,16-/m0/s1. The van der Waals surface area contributed by atoms with Crippen LogP contribution in [0.1, 0.15) is 18.1 Å². The maximum absolute atomic E-state index is 14.2. The van der Waals surface area contributed by atoms with Crippen LogP contribution in [0.15, 0.2) is 47.4 Å². The molecule has 2 aromatic carbocycles. The number of nitrogens with zero attached hydrogens (tertiary/aromatic N) is 1. The minimum absolute atomic E-state index is 0.152. The normalized spacial score (nSPS) is 13.1. The maximum atomic E-state index is 14.2. The first kappa shape index (κ1) is 24.9. The summed E-state index contributed by atoms with van der Waals surface area (Å²) in [7, 11) is -3.35. The molecule has 0 fully saturated rings. The number of nitrogens with one attached hydrogen (secondary N) is 2. The average Bonchev–Trinajstić information content (AvgIpc) is 2.73. The first-order valence-corrected chi connectivity index (χ1v) is 10.8. The van der Waals surface area contributed by atoms with E-state index in [1.165, 1.54) is 31.2 Å². The lowest BCUT2D eigenvalue weighted by atomic mass is 10.0. The lowest BCUT2D eigenvalue weighted by molar-refractivity contribution is -0.387. The SMILES string of the molecule is COC(=O)[C@H](Cc1ccc(C)cc1F)NC(=O)[C@H](C)NS(=O)(=O)c1ccccc1[N+](=O)[O-]. The average molecular weight is 467 g/mol. The Morgan fingerprint density at radius 2 is 1.88 bits per heavy atom. The summed E-state index contributed by atoms with van der Waals surface area (Å²) >= 11 is 0. The van der Waals surface area contributed by atoms with Crippen LogP contribution >= 0.6 is 0 Å². The zero-order valence-electron chi connectivity index (χ0n) is 17.5. The minimum atomic E-state index is -4.44. The second-order valence-electron chi connectivity index (χ2n) is 6.95. The van der Waals surface area contributed by atoms with Gasteiger partial charge in [-0.1, -0.05) is 24.3 Å². The van der Waals surface area contributed by atoms with Gasteiger partial charge in [-0.2, -0.15) is 4.72 Å². The van der Waals surface area contributed by atoms with E-state index in [1.54, 1.807) is 13.0 Å². The van der Waals surface area contributed by atoms with E-state index >= 15 is 0 Å². The number of nitro groups is 1. The number of halogens is 1. The highest BCUT2D eigenvalue weighted by atomic mass is 32.2. The summed E-state index contributed by atoms with van der Waals surface area (Å²) in [5.74, 6) is -2.33.